The first kappa shape index (κ1) is 16.5. The lowest BCUT2D eigenvalue weighted by Gasteiger charge is -2.36. The Morgan fingerprint density at radius 2 is 1.86 bits per heavy atom. The van der Waals surface area contributed by atoms with E-state index >= 15 is 0 Å². The standard InChI is InChI=1S/C16H26N2O2S/c1-11-5-6-14(4)18(10-11)21(19,20)16-8-15(9-17)12(2)7-13(16)3/h7-8,11,14H,5-6,9-10,17H2,1-4H3. The van der Waals surface area contributed by atoms with Crippen molar-refractivity contribution >= 4 is 10.0 Å². The molecule has 0 aliphatic carbocycles. The average Bonchev–Trinajstić information content (AvgIpc) is 2.41. The van der Waals surface area contributed by atoms with Crippen LogP contribution in [-0.4, -0.2) is 25.3 Å². The van der Waals surface area contributed by atoms with Crippen molar-refractivity contribution in [3.8, 4) is 0 Å². The molecular weight excluding hydrogens is 284 g/mol. The van der Waals surface area contributed by atoms with Crippen molar-refractivity contribution in [2.45, 2.75) is 58.0 Å². The van der Waals surface area contributed by atoms with Gasteiger partial charge in [-0.05, 0) is 62.3 Å². The summed E-state index contributed by atoms with van der Waals surface area (Å²) in [5, 5.41) is 0. The Labute approximate surface area is 128 Å². The summed E-state index contributed by atoms with van der Waals surface area (Å²) >= 11 is 0. The molecule has 1 aliphatic heterocycles. The van der Waals surface area contributed by atoms with Gasteiger partial charge in [0.1, 0.15) is 0 Å². The highest BCUT2D eigenvalue weighted by Gasteiger charge is 2.34. The van der Waals surface area contributed by atoms with Gasteiger partial charge in [0.2, 0.25) is 10.0 Å². The molecule has 2 rings (SSSR count). The van der Waals surface area contributed by atoms with Crippen LogP contribution in [0.4, 0.5) is 0 Å². The van der Waals surface area contributed by atoms with Crippen molar-refractivity contribution < 1.29 is 8.42 Å². The molecule has 0 saturated carbocycles. The summed E-state index contributed by atoms with van der Waals surface area (Å²) in [7, 11) is -3.45. The van der Waals surface area contributed by atoms with Crippen LogP contribution in [0.3, 0.4) is 0 Å². The molecule has 0 aromatic heterocycles. The second-order valence-corrected chi connectivity index (χ2v) is 8.21. The highest BCUT2D eigenvalue weighted by molar-refractivity contribution is 7.89. The number of aryl methyl sites for hydroxylation is 2. The minimum Gasteiger partial charge on any atom is -0.326 e. The molecule has 1 aromatic rings. The fraction of sp³-hybridized carbons (Fsp3) is 0.625. The fourth-order valence-corrected chi connectivity index (χ4v) is 5.12. The van der Waals surface area contributed by atoms with E-state index in [2.05, 4.69) is 6.92 Å². The van der Waals surface area contributed by atoms with Gasteiger partial charge in [-0.3, -0.25) is 0 Å². The van der Waals surface area contributed by atoms with Crippen molar-refractivity contribution in [2.75, 3.05) is 6.54 Å². The first-order valence-electron chi connectivity index (χ1n) is 7.59. The predicted octanol–water partition coefficient (Wildman–Crippen LogP) is 2.57. The SMILES string of the molecule is Cc1cc(C)c(S(=O)(=O)N2CC(C)CCC2C)cc1CN. The summed E-state index contributed by atoms with van der Waals surface area (Å²) in [4.78, 5) is 0.412. The zero-order valence-electron chi connectivity index (χ0n) is 13.4. The summed E-state index contributed by atoms with van der Waals surface area (Å²) in [6.07, 6.45) is 2.02. The summed E-state index contributed by atoms with van der Waals surface area (Å²) < 4.78 is 27.7. The Bertz CT molecular complexity index is 625. The van der Waals surface area contributed by atoms with Crippen LogP contribution in [0.25, 0.3) is 0 Å². The molecule has 1 aromatic carbocycles. The van der Waals surface area contributed by atoms with E-state index < -0.39 is 10.0 Å². The van der Waals surface area contributed by atoms with Gasteiger partial charge in [0.05, 0.1) is 4.90 Å². The molecule has 118 valence electrons. The van der Waals surface area contributed by atoms with E-state index in [-0.39, 0.29) is 6.04 Å². The highest BCUT2D eigenvalue weighted by atomic mass is 32.2. The molecule has 5 heteroatoms. The molecule has 0 spiro atoms. The smallest absolute Gasteiger partial charge is 0.243 e. The fourth-order valence-electron chi connectivity index (χ4n) is 3.08. The minimum atomic E-state index is -3.45. The van der Waals surface area contributed by atoms with E-state index in [1.165, 1.54) is 0 Å². The van der Waals surface area contributed by atoms with Gasteiger partial charge in [0, 0.05) is 19.1 Å². The average molecular weight is 310 g/mol. The summed E-state index contributed by atoms with van der Waals surface area (Å²) in [6, 6.07) is 3.74. The van der Waals surface area contributed by atoms with Gasteiger partial charge < -0.3 is 5.73 Å². The zero-order chi connectivity index (χ0) is 15.8. The van der Waals surface area contributed by atoms with Gasteiger partial charge in [-0.25, -0.2) is 8.42 Å². The molecular formula is C16H26N2O2S. The molecule has 0 radical (unpaired) electrons. The van der Waals surface area contributed by atoms with Crippen LogP contribution in [0, 0.1) is 19.8 Å². The minimum absolute atomic E-state index is 0.0632. The van der Waals surface area contributed by atoms with Crippen molar-refractivity contribution in [1.82, 2.24) is 4.31 Å². The largest absolute Gasteiger partial charge is 0.326 e. The second-order valence-electron chi connectivity index (χ2n) is 6.35. The number of rotatable bonds is 3. The van der Waals surface area contributed by atoms with E-state index in [9.17, 15) is 8.42 Å². The lowest BCUT2D eigenvalue weighted by Crippen LogP contribution is -2.45. The Morgan fingerprint density at radius 3 is 2.48 bits per heavy atom. The van der Waals surface area contributed by atoms with Gasteiger partial charge in [0.25, 0.3) is 0 Å². The van der Waals surface area contributed by atoms with Crippen LogP contribution in [0.1, 0.15) is 43.4 Å². The van der Waals surface area contributed by atoms with Crippen LogP contribution >= 0.6 is 0 Å². The Morgan fingerprint density at radius 1 is 1.19 bits per heavy atom. The summed E-state index contributed by atoms with van der Waals surface area (Å²) in [5.41, 5.74) is 8.48. The zero-order valence-corrected chi connectivity index (χ0v) is 14.2. The quantitative estimate of drug-likeness (QED) is 0.933. The molecule has 4 nitrogen and oxygen atoms in total. The first-order valence-corrected chi connectivity index (χ1v) is 9.03. The number of nitrogens with two attached hydrogens (primary N) is 1. The molecule has 0 bridgehead atoms. The Balaban J connectivity index is 2.48. The van der Waals surface area contributed by atoms with Crippen LogP contribution in [0.15, 0.2) is 17.0 Å². The number of hydrogen-bond donors (Lipinski definition) is 1. The third kappa shape index (κ3) is 3.15. The van der Waals surface area contributed by atoms with Gasteiger partial charge in [-0.1, -0.05) is 13.0 Å². The third-order valence-corrected chi connectivity index (χ3v) is 6.62. The molecule has 0 amide bonds. The monoisotopic (exact) mass is 310 g/mol. The maximum atomic E-state index is 13.0. The molecule has 21 heavy (non-hydrogen) atoms. The number of hydrogen-bond acceptors (Lipinski definition) is 3. The van der Waals surface area contributed by atoms with E-state index in [1.54, 1.807) is 10.4 Å². The van der Waals surface area contributed by atoms with E-state index in [0.717, 1.165) is 29.5 Å². The van der Waals surface area contributed by atoms with Crippen LogP contribution < -0.4 is 5.73 Å². The van der Waals surface area contributed by atoms with Gasteiger partial charge >= 0.3 is 0 Å². The van der Waals surface area contributed by atoms with Gasteiger partial charge in [-0.15, -0.1) is 0 Å². The summed E-state index contributed by atoms with van der Waals surface area (Å²) in [6.45, 7) is 8.91. The van der Waals surface area contributed by atoms with E-state index in [1.807, 2.05) is 26.8 Å². The number of piperidine rings is 1. The molecule has 1 heterocycles. The van der Waals surface area contributed by atoms with Crippen LogP contribution in [0.5, 0.6) is 0 Å². The maximum absolute atomic E-state index is 13.0. The number of nitrogens with zero attached hydrogens (tertiary/aromatic N) is 1. The highest BCUT2D eigenvalue weighted by Crippen LogP contribution is 2.30. The van der Waals surface area contributed by atoms with E-state index in [4.69, 9.17) is 5.73 Å². The molecule has 1 saturated heterocycles. The predicted molar refractivity (Wildman–Crippen MR) is 85.6 cm³/mol. The molecule has 1 aliphatic rings. The Kier molecular flexibility index (Phi) is 4.76. The molecule has 2 N–H and O–H groups in total. The van der Waals surface area contributed by atoms with Gasteiger partial charge in [-0.2, -0.15) is 4.31 Å². The van der Waals surface area contributed by atoms with Crippen LogP contribution in [0.2, 0.25) is 0 Å². The lowest BCUT2D eigenvalue weighted by atomic mass is 9.97. The number of sulfonamides is 1. The van der Waals surface area contributed by atoms with Crippen molar-refractivity contribution in [1.29, 1.82) is 0 Å². The molecule has 2 unspecified atom stereocenters. The topological polar surface area (TPSA) is 63.4 Å². The number of benzene rings is 1. The maximum Gasteiger partial charge on any atom is 0.243 e. The first-order chi connectivity index (χ1) is 9.77. The summed E-state index contributed by atoms with van der Waals surface area (Å²) in [5.74, 6) is 0.413. The van der Waals surface area contributed by atoms with Crippen molar-refractivity contribution in [2.24, 2.45) is 11.7 Å². The van der Waals surface area contributed by atoms with Gasteiger partial charge in [0.15, 0.2) is 0 Å². The Hall–Kier alpha value is -0.910. The van der Waals surface area contributed by atoms with Crippen molar-refractivity contribution in [3.63, 3.8) is 0 Å². The van der Waals surface area contributed by atoms with Crippen molar-refractivity contribution in [3.05, 3.63) is 28.8 Å². The second kappa shape index (κ2) is 6.07. The van der Waals surface area contributed by atoms with Crippen LogP contribution in [-0.2, 0) is 16.6 Å². The third-order valence-electron chi connectivity index (χ3n) is 4.50. The lowest BCUT2D eigenvalue weighted by molar-refractivity contribution is 0.218. The normalized spacial score (nSPS) is 24.2. The molecule has 1 fully saturated rings. The van der Waals surface area contributed by atoms with E-state index in [0.29, 0.717) is 23.9 Å². The molecule has 2 atom stereocenters.